The van der Waals surface area contributed by atoms with E-state index in [1.54, 1.807) is 6.92 Å². The molecule has 2 aliphatic rings. The lowest BCUT2D eigenvalue weighted by atomic mass is 9.92. The van der Waals surface area contributed by atoms with Gasteiger partial charge in [-0.2, -0.15) is 0 Å². The number of hydrogen-bond donors (Lipinski definition) is 1. The van der Waals surface area contributed by atoms with Crippen LogP contribution in [-0.4, -0.2) is 29.9 Å². The molecule has 1 aromatic heterocycles. The van der Waals surface area contributed by atoms with Gasteiger partial charge in [0.1, 0.15) is 22.6 Å². The van der Waals surface area contributed by atoms with Crippen LogP contribution in [0.5, 0.6) is 0 Å². The molecule has 1 aromatic carbocycles. The molecule has 0 bridgehead atoms. The molecule has 0 radical (unpaired) electrons. The number of furan rings is 1. The van der Waals surface area contributed by atoms with Crippen LogP contribution in [0.4, 0.5) is 4.79 Å². The first-order valence-electron chi connectivity index (χ1n) is 8.36. The van der Waals surface area contributed by atoms with Gasteiger partial charge >= 0.3 is 12.0 Å². The molecular weight excluding hydrogens is 336 g/mol. The van der Waals surface area contributed by atoms with Gasteiger partial charge in [-0.05, 0) is 37.0 Å². The highest BCUT2D eigenvalue weighted by molar-refractivity contribution is 6.08. The van der Waals surface area contributed by atoms with Crippen molar-refractivity contribution in [1.29, 1.82) is 0 Å². The van der Waals surface area contributed by atoms with Gasteiger partial charge in [0.2, 0.25) is 0 Å². The SMILES string of the molecule is COC(=O)c1cc(CN2C(=O)N[C@]3(CCc4ccccc43)C2=O)oc1C. The van der Waals surface area contributed by atoms with Gasteiger partial charge in [0.15, 0.2) is 0 Å². The molecule has 2 aromatic rings. The number of fused-ring (bicyclic) bond motifs is 2. The molecule has 1 saturated heterocycles. The van der Waals surface area contributed by atoms with Gasteiger partial charge in [-0.15, -0.1) is 0 Å². The normalized spacial score (nSPS) is 21.2. The largest absolute Gasteiger partial charge is 0.465 e. The molecule has 4 rings (SSSR count). The third kappa shape index (κ3) is 2.23. The first-order chi connectivity index (χ1) is 12.5. The summed E-state index contributed by atoms with van der Waals surface area (Å²) in [5.74, 6) is -0.0634. The number of nitrogens with zero attached hydrogens (tertiary/aromatic N) is 1. The molecule has 1 fully saturated rings. The van der Waals surface area contributed by atoms with E-state index in [9.17, 15) is 14.4 Å². The van der Waals surface area contributed by atoms with E-state index >= 15 is 0 Å². The summed E-state index contributed by atoms with van der Waals surface area (Å²) in [4.78, 5) is 38.5. The van der Waals surface area contributed by atoms with Crippen LogP contribution in [0.15, 0.2) is 34.7 Å². The summed E-state index contributed by atoms with van der Waals surface area (Å²) < 4.78 is 10.2. The summed E-state index contributed by atoms with van der Waals surface area (Å²) in [7, 11) is 1.28. The Kier molecular flexibility index (Phi) is 3.61. The minimum atomic E-state index is -1.000. The molecule has 0 unspecified atom stereocenters. The summed E-state index contributed by atoms with van der Waals surface area (Å²) in [6.45, 7) is 1.60. The van der Waals surface area contributed by atoms with E-state index in [-0.39, 0.29) is 18.0 Å². The fourth-order valence-electron chi connectivity index (χ4n) is 3.82. The minimum Gasteiger partial charge on any atom is -0.465 e. The number of carbonyl (C=O) groups is 3. The predicted molar refractivity (Wildman–Crippen MR) is 90.3 cm³/mol. The Hall–Kier alpha value is -3.09. The molecule has 7 heteroatoms. The number of hydrogen-bond acceptors (Lipinski definition) is 5. The summed E-state index contributed by atoms with van der Waals surface area (Å²) in [6, 6.07) is 8.71. The third-order valence-corrected chi connectivity index (χ3v) is 5.11. The second kappa shape index (κ2) is 5.72. The number of ether oxygens (including phenoxy) is 1. The fraction of sp³-hybridized carbons (Fsp3) is 0.316. The van der Waals surface area contributed by atoms with Gasteiger partial charge in [-0.25, -0.2) is 9.59 Å². The fourth-order valence-corrected chi connectivity index (χ4v) is 3.82. The van der Waals surface area contributed by atoms with E-state index in [2.05, 4.69) is 5.32 Å². The maximum atomic E-state index is 13.1. The lowest BCUT2D eigenvalue weighted by Gasteiger charge is -2.22. The van der Waals surface area contributed by atoms with E-state index in [0.717, 1.165) is 22.4 Å². The highest BCUT2D eigenvalue weighted by atomic mass is 16.5. The van der Waals surface area contributed by atoms with Gasteiger partial charge in [0.05, 0.1) is 13.7 Å². The number of esters is 1. The molecule has 1 N–H and O–H groups in total. The maximum Gasteiger partial charge on any atom is 0.341 e. The van der Waals surface area contributed by atoms with Crippen LogP contribution in [0.1, 0.15) is 39.4 Å². The molecule has 134 valence electrons. The number of rotatable bonds is 3. The lowest BCUT2D eigenvalue weighted by molar-refractivity contribution is -0.132. The molecular formula is C19H18N2O5. The van der Waals surface area contributed by atoms with Crippen LogP contribution in [0.25, 0.3) is 0 Å². The second-order valence-electron chi connectivity index (χ2n) is 6.56. The Balaban J connectivity index is 1.63. The summed E-state index contributed by atoms with van der Waals surface area (Å²) in [5.41, 5.74) is 1.22. The summed E-state index contributed by atoms with van der Waals surface area (Å²) in [6.07, 6.45) is 1.28. The Labute approximate surface area is 149 Å². The van der Waals surface area contributed by atoms with Crippen molar-refractivity contribution in [2.24, 2.45) is 0 Å². The number of nitrogens with one attached hydrogen (secondary N) is 1. The Morgan fingerprint density at radius 1 is 1.35 bits per heavy atom. The molecule has 1 spiro atoms. The number of benzene rings is 1. The molecule has 26 heavy (non-hydrogen) atoms. The molecule has 0 saturated carbocycles. The van der Waals surface area contributed by atoms with Gasteiger partial charge < -0.3 is 14.5 Å². The van der Waals surface area contributed by atoms with Crippen LogP contribution in [0.2, 0.25) is 0 Å². The minimum absolute atomic E-state index is 0.0353. The summed E-state index contributed by atoms with van der Waals surface area (Å²) >= 11 is 0. The van der Waals surface area contributed by atoms with E-state index in [1.165, 1.54) is 13.2 Å². The number of imide groups is 1. The quantitative estimate of drug-likeness (QED) is 0.675. The number of aryl methyl sites for hydroxylation is 2. The van der Waals surface area contributed by atoms with Crippen molar-refractivity contribution < 1.29 is 23.5 Å². The standard InChI is InChI=1S/C19H18N2O5/c1-11-14(16(22)25-2)9-13(26-11)10-21-17(23)19(20-18(21)24)8-7-12-5-3-4-6-15(12)19/h3-6,9H,7-8,10H2,1-2H3,(H,20,24)/t19-/m0/s1. The van der Waals surface area contributed by atoms with Crippen LogP contribution >= 0.6 is 0 Å². The van der Waals surface area contributed by atoms with Gasteiger partial charge in [-0.1, -0.05) is 24.3 Å². The zero-order valence-electron chi connectivity index (χ0n) is 14.5. The number of methoxy groups -OCH3 is 1. The van der Waals surface area contributed by atoms with E-state index in [1.807, 2.05) is 24.3 Å². The molecule has 1 aliphatic heterocycles. The van der Waals surface area contributed by atoms with Gasteiger partial charge in [0.25, 0.3) is 5.91 Å². The van der Waals surface area contributed by atoms with Crippen LogP contribution in [-0.2, 0) is 28.0 Å². The first kappa shape index (κ1) is 16.4. The zero-order valence-corrected chi connectivity index (χ0v) is 14.5. The van der Waals surface area contributed by atoms with Crippen molar-refractivity contribution in [2.75, 3.05) is 7.11 Å². The van der Waals surface area contributed by atoms with Crippen LogP contribution in [0, 0.1) is 6.92 Å². The highest BCUT2D eigenvalue weighted by Crippen LogP contribution is 2.41. The van der Waals surface area contributed by atoms with Crippen LogP contribution < -0.4 is 5.32 Å². The van der Waals surface area contributed by atoms with Crippen molar-refractivity contribution in [3.05, 3.63) is 58.5 Å². The molecule has 3 amide bonds. The molecule has 2 heterocycles. The highest BCUT2D eigenvalue weighted by Gasteiger charge is 2.55. The predicted octanol–water partition coefficient (Wildman–Crippen LogP) is 2.27. The Morgan fingerprint density at radius 3 is 2.88 bits per heavy atom. The average molecular weight is 354 g/mol. The van der Waals surface area contributed by atoms with Gasteiger partial charge in [0, 0.05) is 0 Å². The van der Waals surface area contributed by atoms with Crippen LogP contribution in [0.3, 0.4) is 0 Å². The third-order valence-electron chi connectivity index (χ3n) is 5.11. The number of urea groups is 1. The van der Waals surface area contributed by atoms with Crippen molar-refractivity contribution in [1.82, 2.24) is 10.2 Å². The maximum absolute atomic E-state index is 13.1. The second-order valence-corrected chi connectivity index (χ2v) is 6.56. The number of amides is 3. The topological polar surface area (TPSA) is 88.9 Å². The van der Waals surface area contributed by atoms with Crippen molar-refractivity contribution >= 4 is 17.9 Å². The zero-order chi connectivity index (χ0) is 18.5. The first-order valence-corrected chi connectivity index (χ1v) is 8.36. The molecule has 1 aliphatic carbocycles. The van der Waals surface area contributed by atoms with Crippen molar-refractivity contribution in [2.45, 2.75) is 31.8 Å². The Bertz CT molecular complexity index is 932. The van der Waals surface area contributed by atoms with Crippen molar-refractivity contribution in [3.63, 3.8) is 0 Å². The van der Waals surface area contributed by atoms with E-state index < -0.39 is 17.5 Å². The Morgan fingerprint density at radius 2 is 2.12 bits per heavy atom. The smallest absolute Gasteiger partial charge is 0.341 e. The molecule has 1 atom stereocenters. The monoisotopic (exact) mass is 354 g/mol. The van der Waals surface area contributed by atoms with Crippen molar-refractivity contribution in [3.8, 4) is 0 Å². The van der Waals surface area contributed by atoms with E-state index in [4.69, 9.17) is 9.15 Å². The summed E-state index contributed by atoms with van der Waals surface area (Å²) in [5, 5.41) is 2.87. The number of carbonyl (C=O) groups excluding carboxylic acids is 3. The van der Waals surface area contributed by atoms with Gasteiger partial charge in [-0.3, -0.25) is 9.69 Å². The van der Waals surface area contributed by atoms with E-state index in [0.29, 0.717) is 17.9 Å². The lowest BCUT2D eigenvalue weighted by Crippen LogP contribution is -2.41. The molecule has 7 nitrogen and oxygen atoms in total. The average Bonchev–Trinajstić information content (AvgIpc) is 3.26.